The van der Waals surface area contributed by atoms with E-state index in [1.807, 2.05) is 13.0 Å². The maximum absolute atomic E-state index is 12.8. The standard InChI is InChI=1S/C20H24N2O4/c1-10(23)12-9-22-7-6-20-13-4-3-5-14(24)17(13)21-18(20)16(19(25)26-2)11(12)8-15(20)22/h3-5,10-12,15,21,23-24H,6-9H2,1-2H3/t10-,11-,12-,15-,20+/m1/s1. The Balaban J connectivity index is 1.79. The van der Waals surface area contributed by atoms with Crippen molar-refractivity contribution in [2.45, 2.75) is 37.3 Å². The Morgan fingerprint density at radius 2 is 2.27 bits per heavy atom. The number of phenolic OH excluding ortho intramolecular Hbond substituents is 1. The van der Waals surface area contributed by atoms with E-state index in [0.717, 1.165) is 37.2 Å². The Labute approximate surface area is 152 Å². The molecule has 1 aliphatic carbocycles. The molecule has 138 valence electrons. The van der Waals surface area contributed by atoms with Gasteiger partial charge < -0.3 is 20.3 Å². The van der Waals surface area contributed by atoms with Crippen LogP contribution in [0.2, 0.25) is 0 Å². The van der Waals surface area contributed by atoms with E-state index in [-0.39, 0.29) is 35.0 Å². The van der Waals surface area contributed by atoms with E-state index >= 15 is 0 Å². The van der Waals surface area contributed by atoms with Gasteiger partial charge in [-0.2, -0.15) is 0 Å². The van der Waals surface area contributed by atoms with Crippen LogP contribution in [-0.4, -0.2) is 53.4 Å². The summed E-state index contributed by atoms with van der Waals surface area (Å²) in [5.41, 5.74) is 3.04. The van der Waals surface area contributed by atoms with E-state index in [4.69, 9.17) is 4.74 Å². The molecule has 0 amide bonds. The van der Waals surface area contributed by atoms with Gasteiger partial charge in [0.05, 0.1) is 29.9 Å². The molecule has 2 saturated heterocycles. The number of methoxy groups -OCH3 is 1. The first-order valence-electron chi connectivity index (χ1n) is 9.33. The number of nitrogens with one attached hydrogen (secondary N) is 1. The Hall–Kier alpha value is -2.05. The summed E-state index contributed by atoms with van der Waals surface area (Å²) in [4.78, 5) is 15.3. The van der Waals surface area contributed by atoms with Crippen LogP contribution in [0.4, 0.5) is 5.69 Å². The third-order valence-corrected chi connectivity index (χ3v) is 7.13. The van der Waals surface area contributed by atoms with Crippen molar-refractivity contribution >= 4 is 11.7 Å². The summed E-state index contributed by atoms with van der Waals surface area (Å²) in [6.45, 7) is 3.52. The van der Waals surface area contributed by atoms with Crippen molar-refractivity contribution in [3.8, 4) is 5.75 Å². The summed E-state index contributed by atoms with van der Waals surface area (Å²) in [6.07, 6.45) is 1.24. The van der Waals surface area contributed by atoms with Crippen LogP contribution in [0.1, 0.15) is 25.3 Å². The molecule has 0 saturated carbocycles. The number of para-hydroxylation sites is 1. The van der Waals surface area contributed by atoms with Crippen molar-refractivity contribution in [2.24, 2.45) is 11.8 Å². The van der Waals surface area contributed by atoms with Crippen molar-refractivity contribution in [3.05, 3.63) is 35.0 Å². The van der Waals surface area contributed by atoms with Crippen molar-refractivity contribution in [1.82, 2.24) is 4.90 Å². The van der Waals surface area contributed by atoms with Gasteiger partial charge in [0.2, 0.25) is 0 Å². The van der Waals surface area contributed by atoms with E-state index in [9.17, 15) is 15.0 Å². The van der Waals surface area contributed by atoms with Crippen LogP contribution in [0, 0.1) is 11.8 Å². The van der Waals surface area contributed by atoms with Crippen LogP contribution in [0.3, 0.4) is 0 Å². The molecule has 3 N–H and O–H groups in total. The number of carbonyl (C=O) groups excluding carboxylic acids is 1. The molecule has 6 heteroatoms. The van der Waals surface area contributed by atoms with Gasteiger partial charge in [-0.15, -0.1) is 0 Å². The number of aliphatic hydroxyl groups excluding tert-OH is 1. The van der Waals surface area contributed by atoms with E-state index in [1.165, 1.54) is 7.11 Å². The number of esters is 1. The number of aliphatic hydroxyl groups is 1. The molecule has 0 radical (unpaired) electrons. The number of anilines is 1. The molecular formula is C20H24N2O4. The Bertz CT molecular complexity index is 833. The fourth-order valence-electron chi connectivity index (χ4n) is 6.03. The number of hydrogen-bond acceptors (Lipinski definition) is 6. The number of benzene rings is 1. The zero-order valence-electron chi connectivity index (χ0n) is 15.0. The highest BCUT2D eigenvalue weighted by atomic mass is 16.5. The molecule has 6 nitrogen and oxygen atoms in total. The smallest absolute Gasteiger partial charge is 0.335 e. The number of nitrogens with zero attached hydrogens (tertiary/aromatic N) is 1. The van der Waals surface area contributed by atoms with Gasteiger partial charge in [-0.05, 0) is 37.9 Å². The Morgan fingerprint density at radius 3 is 3.00 bits per heavy atom. The second kappa shape index (κ2) is 5.24. The summed E-state index contributed by atoms with van der Waals surface area (Å²) in [7, 11) is 1.41. The molecule has 1 aromatic carbocycles. The van der Waals surface area contributed by atoms with Crippen LogP contribution < -0.4 is 5.32 Å². The highest BCUT2D eigenvalue weighted by Gasteiger charge is 2.63. The molecule has 0 aromatic heterocycles. The van der Waals surface area contributed by atoms with Gasteiger partial charge in [0.25, 0.3) is 0 Å². The molecule has 0 unspecified atom stereocenters. The molecule has 3 heterocycles. The van der Waals surface area contributed by atoms with Crippen molar-refractivity contribution in [1.29, 1.82) is 0 Å². The average Bonchev–Trinajstić information content (AvgIpc) is 3.18. The average molecular weight is 356 g/mol. The lowest BCUT2D eigenvalue weighted by Gasteiger charge is -2.51. The molecule has 1 aromatic rings. The van der Waals surface area contributed by atoms with Crippen molar-refractivity contribution < 1.29 is 19.7 Å². The van der Waals surface area contributed by atoms with Crippen LogP contribution >= 0.6 is 0 Å². The van der Waals surface area contributed by atoms with Gasteiger partial charge in [-0.3, -0.25) is 4.90 Å². The van der Waals surface area contributed by atoms with E-state index in [2.05, 4.69) is 16.3 Å². The molecule has 5 atom stereocenters. The fourth-order valence-corrected chi connectivity index (χ4v) is 6.03. The molecule has 4 aliphatic rings. The highest BCUT2D eigenvalue weighted by Crippen LogP contribution is 2.62. The molecule has 2 bridgehead atoms. The van der Waals surface area contributed by atoms with Crippen LogP contribution in [0.5, 0.6) is 5.75 Å². The van der Waals surface area contributed by atoms with Crippen LogP contribution in [0.25, 0.3) is 0 Å². The number of rotatable bonds is 2. The molecule has 3 aliphatic heterocycles. The maximum atomic E-state index is 12.8. The zero-order valence-corrected chi connectivity index (χ0v) is 15.0. The number of hydrogen-bond donors (Lipinski definition) is 3. The number of phenols is 1. The SMILES string of the molecule is COC(=O)C1=C2Nc3c(O)cccc3[C@]23CCN2C[C@H]([C@@H](C)O)[C@H]1C[C@@H]23. The summed E-state index contributed by atoms with van der Waals surface area (Å²) in [5.74, 6) is -0.145. The second-order valence-electron chi connectivity index (χ2n) is 8.08. The van der Waals surface area contributed by atoms with Crippen LogP contribution in [-0.2, 0) is 14.9 Å². The van der Waals surface area contributed by atoms with Crippen LogP contribution in [0.15, 0.2) is 29.5 Å². The summed E-state index contributed by atoms with van der Waals surface area (Å²) in [5, 5.41) is 24.2. The molecule has 26 heavy (non-hydrogen) atoms. The normalized spacial score (nSPS) is 35.6. The van der Waals surface area contributed by atoms with Gasteiger partial charge >= 0.3 is 5.97 Å². The van der Waals surface area contributed by atoms with E-state index in [1.54, 1.807) is 6.07 Å². The summed E-state index contributed by atoms with van der Waals surface area (Å²) >= 11 is 0. The minimum Gasteiger partial charge on any atom is -0.506 e. The first-order chi connectivity index (χ1) is 12.5. The highest BCUT2D eigenvalue weighted by molar-refractivity contribution is 5.94. The third kappa shape index (κ3) is 1.76. The van der Waals surface area contributed by atoms with Crippen molar-refractivity contribution in [2.75, 3.05) is 25.5 Å². The third-order valence-electron chi connectivity index (χ3n) is 7.13. The topological polar surface area (TPSA) is 82.0 Å². The Kier molecular flexibility index (Phi) is 3.25. The van der Waals surface area contributed by atoms with Gasteiger partial charge in [0.1, 0.15) is 5.75 Å². The van der Waals surface area contributed by atoms with Crippen molar-refractivity contribution in [3.63, 3.8) is 0 Å². The quantitative estimate of drug-likeness (QED) is 0.551. The van der Waals surface area contributed by atoms with Gasteiger partial charge in [0.15, 0.2) is 0 Å². The number of carbonyl (C=O) groups is 1. The van der Waals surface area contributed by atoms with Gasteiger partial charge in [0, 0.05) is 30.1 Å². The number of aromatic hydroxyl groups is 1. The van der Waals surface area contributed by atoms with E-state index < -0.39 is 6.10 Å². The van der Waals surface area contributed by atoms with E-state index in [0.29, 0.717) is 11.3 Å². The lowest BCUT2D eigenvalue weighted by molar-refractivity contribution is -0.138. The first kappa shape index (κ1) is 16.1. The zero-order chi connectivity index (χ0) is 18.2. The molecular weight excluding hydrogens is 332 g/mol. The lowest BCUT2D eigenvalue weighted by Crippen LogP contribution is -2.57. The molecule has 5 rings (SSSR count). The number of fused-ring (bicyclic) bond motifs is 2. The number of ether oxygens (including phenoxy) is 1. The maximum Gasteiger partial charge on any atom is 0.335 e. The summed E-state index contributed by atoms with van der Waals surface area (Å²) < 4.78 is 5.16. The minimum atomic E-state index is -0.494. The number of piperidine rings is 1. The fraction of sp³-hybridized carbons (Fsp3) is 0.550. The predicted molar refractivity (Wildman–Crippen MR) is 95.7 cm³/mol. The second-order valence-corrected chi connectivity index (χ2v) is 8.08. The van der Waals surface area contributed by atoms with Gasteiger partial charge in [-0.1, -0.05) is 12.1 Å². The molecule has 1 spiro atoms. The first-order valence-corrected chi connectivity index (χ1v) is 9.33. The Morgan fingerprint density at radius 1 is 1.46 bits per heavy atom. The lowest BCUT2D eigenvalue weighted by atomic mass is 9.60. The minimum absolute atomic E-state index is 0.00283. The summed E-state index contributed by atoms with van der Waals surface area (Å²) in [6, 6.07) is 5.90. The van der Waals surface area contributed by atoms with Gasteiger partial charge in [-0.25, -0.2) is 4.79 Å². The predicted octanol–water partition coefficient (Wildman–Crippen LogP) is 1.59. The molecule has 2 fully saturated rings. The largest absolute Gasteiger partial charge is 0.506 e. The monoisotopic (exact) mass is 356 g/mol.